The molecule has 0 atom stereocenters. The molecule has 0 fully saturated rings. The number of para-hydroxylation sites is 2. The van der Waals surface area contributed by atoms with Crippen LogP contribution in [-0.4, -0.2) is 4.57 Å². The Morgan fingerprint density at radius 2 is 1.00 bits per heavy atom. The maximum atomic E-state index is 6.73. The zero-order valence-electron chi connectivity index (χ0n) is 30.9. The van der Waals surface area contributed by atoms with Crippen molar-refractivity contribution < 1.29 is 4.42 Å². The first-order valence-corrected chi connectivity index (χ1v) is 19.5. The Morgan fingerprint density at radius 1 is 0.368 bits per heavy atom. The second-order valence-corrected chi connectivity index (χ2v) is 14.9. The molecule has 0 radical (unpaired) electrons. The fraction of sp³-hybridized carbons (Fsp3) is 0. The van der Waals surface area contributed by atoms with Gasteiger partial charge in [-0.1, -0.05) is 146 Å². The van der Waals surface area contributed by atoms with Gasteiger partial charge in [-0.25, -0.2) is 0 Å². The third-order valence-corrected chi connectivity index (χ3v) is 11.7. The van der Waals surface area contributed by atoms with E-state index in [0.717, 1.165) is 55.6 Å². The van der Waals surface area contributed by atoms with E-state index in [1.807, 2.05) is 0 Å². The van der Waals surface area contributed by atoms with E-state index in [-0.39, 0.29) is 0 Å². The minimum atomic E-state index is 0.868. The minimum absolute atomic E-state index is 0.868. The molecule has 0 saturated heterocycles. The average molecular weight is 727 g/mol. The summed E-state index contributed by atoms with van der Waals surface area (Å²) in [6.07, 6.45) is 0. The van der Waals surface area contributed by atoms with Crippen molar-refractivity contribution in [2.45, 2.75) is 0 Å². The third kappa shape index (κ3) is 4.86. The van der Waals surface area contributed by atoms with Gasteiger partial charge in [0.15, 0.2) is 0 Å². The van der Waals surface area contributed by atoms with E-state index in [1.165, 1.54) is 54.3 Å². The Morgan fingerprint density at radius 3 is 1.77 bits per heavy atom. The SMILES string of the molecule is c1cc(-c2ccc(N(c3cc4ccccc4c4ccccc34)c3cccc4oc5c6ccccc6ccc5c34)cc2)cc(-n2c3ccccc3c3ccccc32)c1. The van der Waals surface area contributed by atoms with Crippen molar-refractivity contribution >= 4 is 93.1 Å². The van der Waals surface area contributed by atoms with Gasteiger partial charge >= 0.3 is 0 Å². The number of aromatic nitrogens is 1. The van der Waals surface area contributed by atoms with Gasteiger partial charge in [0.1, 0.15) is 11.2 Å². The van der Waals surface area contributed by atoms with Gasteiger partial charge < -0.3 is 13.9 Å². The summed E-state index contributed by atoms with van der Waals surface area (Å²) >= 11 is 0. The van der Waals surface area contributed by atoms with Gasteiger partial charge in [-0.05, 0) is 93.3 Å². The maximum absolute atomic E-state index is 6.73. The van der Waals surface area contributed by atoms with Gasteiger partial charge in [-0.3, -0.25) is 0 Å². The molecule has 0 amide bonds. The molecule has 2 heterocycles. The summed E-state index contributed by atoms with van der Waals surface area (Å²) in [7, 11) is 0. The Bertz CT molecular complexity index is 3480. The van der Waals surface area contributed by atoms with Gasteiger partial charge in [-0.2, -0.15) is 0 Å². The molecular formula is C54H34N2O. The first-order chi connectivity index (χ1) is 28.3. The lowest BCUT2D eigenvalue weighted by Gasteiger charge is -2.28. The van der Waals surface area contributed by atoms with Crippen LogP contribution in [0.25, 0.3) is 92.9 Å². The maximum Gasteiger partial charge on any atom is 0.143 e. The van der Waals surface area contributed by atoms with Crippen LogP contribution in [0.2, 0.25) is 0 Å². The van der Waals surface area contributed by atoms with Crippen LogP contribution in [-0.2, 0) is 0 Å². The van der Waals surface area contributed by atoms with Crippen molar-refractivity contribution in [1.82, 2.24) is 4.57 Å². The van der Waals surface area contributed by atoms with Gasteiger partial charge in [0, 0.05) is 38.3 Å². The number of anilines is 3. The average Bonchev–Trinajstić information content (AvgIpc) is 3.84. The van der Waals surface area contributed by atoms with Crippen molar-refractivity contribution in [1.29, 1.82) is 0 Å². The molecule has 0 saturated carbocycles. The lowest BCUT2D eigenvalue weighted by atomic mass is 9.98. The molecule has 0 N–H and O–H groups in total. The number of hydrogen-bond acceptors (Lipinski definition) is 2. The highest BCUT2D eigenvalue weighted by atomic mass is 16.3. The summed E-state index contributed by atoms with van der Waals surface area (Å²) in [5.41, 5.74) is 10.9. The highest BCUT2D eigenvalue weighted by molar-refractivity contribution is 6.21. The second-order valence-electron chi connectivity index (χ2n) is 14.9. The summed E-state index contributed by atoms with van der Waals surface area (Å²) in [4.78, 5) is 2.43. The largest absolute Gasteiger partial charge is 0.455 e. The molecule has 2 aromatic heterocycles. The van der Waals surface area contributed by atoms with Crippen LogP contribution in [0.4, 0.5) is 17.1 Å². The fourth-order valence-corrected chi connectivity index (χ4v) is 9.18. The summed E-state index contributed by atoms with van der Waals surface area (Å²) < 4.78 is 9.11. The fourth-order valence-electron chi connectivity index (χ4n) is 9.18. The molecule has 3 heteroatoms. The number of nitrogens with zero attached hydrogens (tertiary/aromatic N) is 2. The predicted molar refractivity (Wildman–Crippen MR) is 241 cm³/mol. The molecule has 266 valence electrons. The minimum Gasteiger partial charge on any atom is -0.455 e. The number of furan rings is 1. The van der Waals surface area contributed by atoms with Crippen LogP contribution < -0.4 is 4.90 Å². The molecule has 0 aliphatic carbocycles. The molecule has 0 unspecified atom stereocenters. The van der Waals surface area contributed by atoms with E-state index in [2.05, 4.69) is 216 Å². The van der Waals surface area contributed by atoms with Crippen LogP contribution in [0.15, 0.2) is 211 Å². The van der Waals surface area contributed by atoms with Crippen LogP contribution in [0.1, 0.15) is 0 Å². The lowest BCUT2D eigenvalue weighted by Crippen LogP contribution is -2.11. The molecule has 3 nitrogen and oxygen atoms in total. The molecule has 10 aromatic carbocycles. The molecule has 57 heavy (non-hydrogen) atoms. The quantitative estimate of drug-likeness (QED) is 0.165. The molecule has 0 bridgehead atoms. The number of hydrogen-bond donors (Lipinski definition) is 0. The highest BCUT2D eigenvalue weighted by Gasteiger charge is 2.23. The van der Waals surface area contributed by atoms with Crippen molar-refractivity contribution in [3.63, 3.8) is 0 Å². The van der Waals surface area contributed by atoms with Gasteiger partial charge in [0.2, 0.25) is 0 Å². The lowest BCUT2D eigenvalue weighted by molar-refractivity contribution is 0.672. The summed E-state index contributed by atoms with van der Waals surface area (Å²) in [5.74, 6) is 0. The molecule has 0 aliphatic heterocycles. The number of rotatable bonds is 5. The highest BCUT2D eigenvalue weighted by Crippen LogP contribution is 2.47. The van der Waals surface area contributed by atoms with E-state index in [9.17, 15) is 0 Å². The first-order valence-electron chi connectivity index (χ1n) is 19.5. The summed E-state index contributed by atoms with van der Waals surface area (Å²) in [6.45, 7) is 0. The van der Waals surface area contributed by atoms with E-state index < -0.39 is 0 Å². The number of benzene rings is 10. The Labute approximate surface area is 328 Å². The van der Waals surface area contributed by atoms with Gasteiger partial charge in [0.25, 0.3) is 0 Å². The van der Waals surface area contributed by atoms with Crippen molar-refractivity contribution in [3.8, 4) is 16.8 Å². The monoisotopic (exact) mass is 726 g/mol. The zero-order chi connectivity index (χ0) is 37.5. The summed E-state index contributed by atoms with van der Waals surface area (Å²) in [5, 5.41) is 11.9. The molecule has 12 rings (SSSR count). The Balaban J connectivity index is 1.06. The smallest absolute Gasteiger partial charge is 0.143 e. The van der Waals surface area contributed by atoms with E-state index >= 15 is 0 Å². The van der Waals surface area contributed by atoms with Gasteiger partial charge in [0.05, 0.1) is 27.8 Å². The Kier molecular flexibility index (Phi) is 6.93. The van der Waals surface area contributed by atoms with Crippen molar-refractivity contribution in [2.24, 2.45) is 0 Å². The topological polar surface area (TPSA) is 21.3 Å². The molecule has 0 spiro atoms. The van der Waals surface area contributed by atoms with Gasteiger partial charge in [-0.15, -0.1) is 0 Å². The van der Waals surface area contributed by atoms with E-state index in [4.69, 9.17) is 4.42 Å². The Hall–Kier alpha value is -7.62. The van der Waals surface area contributed by atoms with Crippen molar-refractivity contribution in [3.05, 3.63) is 206 Å². The standard InChI is InChI=1S/C54H34N2O/c1-4-18-42-36(13-1)29-32-47-53-50(25-12-26-52(53)57-54(42)47)55(51-34-38-14-2-3-17-41(38)43-19-5-6-20-44(43)51)39-30-27-35(28-31-39)37-15-11-16-40(33-37)56-48-23-9-7-21-45(48)46-22-8-10-24-49(46)56/h1-34H. The van der Waals surface area contributed by atoms with Crippen LogP contribution in [0.3, 0.4) is 0 Å². The molecular weight excluding hydrogens is 693 g/mol. The predicted octanol–water partition coefficient (Wildman–Crippen LogP) is 15.3. The molecule has 0 aliphatic rings. The second kappa shape index (κ2) is 12.5. The van der Waals surface area contributed by atoms with Crippen LogP contribution >= 0.6 is 0 Å². The van der Waals surface area contributed by atoms with E-state index in [0.29, 0.717) is 0 Å². The summed E-state index contributed by atoms with van der Waals surface area (Å²) in [6, 6.07) is 74.5. The van der Waals surface area contributed by atoms with Crippen molar-refractivity contribution in [2.75, 3.05) is 4.90 Å². The van der Waals surface area contributed by atoms with Crippen LogP contribution in [0.5, 0.6) is 0 Å². The third-order valence-electron chi connectivity index (χ3n) is 11.7. The van der Waals surface area contributed by atoms with E-state index in [1.54, 1.807) is 0 Å². The molecule has 12 aromatic rings. The zero-order valence-corrected chi connectivity index (χ0v) is 30.9. The first kappa shape index (κ1) is 31.7. The number of fused-ring (bicyclic) bond motifs is 11. The van der Waals surface area contributed by atoms with Crippen LogP contribution in [0, 0.1) is 0 Å². The normalized spacial score (nSPS) is 11.9.